The molecule has 0 aliphatic carbocycles. The molecule has 0 amide bonds. The zero-order valence-electron chi connectivity index (χ0n) is 11.5. The lowest BCUT2D eigenvalue weighted by molar-refractivity contribution is 0.0600. The van der Waals surface area contributed by atoms with Crippen molar-refractivity contribution in [3.8, 4) is 5.75 Å². The topological polar surface area (TPSA) is 63.8 Å². The summed E-state index contributed by atoms with van der Waals surface area (Å²) in [6.45, 7) is 0. The molecular weight excluding hydrogens is 268 g/mol. The van der Waals surface area contributed by atoms with Crippen molar-refractivity contribution in [3.05, 3.63) is 65.6 Å². The quantitative estimate of drug-likeness (QED) is 0.749. The third-order valence-corrected chi connectivity index (χ3v) is 3.25. The van der Waals surface area contributed by atoms with E-state index in [2.05, 4.69) is 4.98 Å². The van der Waals surface area contributed by atoms with Crippen molar-refractivity contribution in [1.29, 1.82) is 0 Å². The zero-order valence-corrected chi connectivity index (χ0v) is 11.5. The number of nitrogens with zero attached hydrogens (tertiary/aromatic N) is 2. The maximum Gasteiger partial charge on any atom is 0.338 e. The Hall–Kier alpha value is -2.82. The number of carbonyl (C=O) groups excluding carboxylic acids is 1. The maximum absolute atomic E-state index is 11.5. The van der Waals surface area contributed by atoms with Crippen LogP contribution in [0.2, 0.25) is 0 Å². The summed E-state index contributed by atoms with van der Waals surface area (Å²) < 4.78 is 6.56. The second-order valence-corrected chi connectivity index (χ2v) is 4.75. The number of aromatic hydroxyl groups is 1. The van der Waals surface area contributed by atoms with Gasteiger partial charge in [-0.1, -0.05) is 12.1 Å². The van der Waals surface area contributed by atoms with E-state index in [9.17, 15) is 9.90 Å². The Labute approximate surface area is 121 Å². The fourth-order valence-electron chi connectivity index (χ4n) is 2.19. The number of rotatable bonds is 3. The minimum absolute atomic E-state index is 0.247. The molecular formula is C16H14N2O3. The second kappa shape index (κ2) is 5.28. The van der Waals surface area contributed by atoms with Gasteiger partial charge in [0.2, 0.25) is 0 Å². The Morgan fingerprint density at radius 3 is 2.76 bits per heavy atom. The number of ether oxygens (including phenoxy) is 1. The summed E-state index contributed by atoms with van der Waals surface area (Å²) in [4.78, 5) is 16.0. The number of imidazole rings is 1. The molecule has 1 N–H and O–H groups in total. The number of fused-ring (bicyclic) bond motifs is 1. The van der Waals surface area contributed by atoms with Gasteiger partial charge >= 0.3 is 5.97 Å². The van der Waals surface area contributed by atoms with Crippen LogP contribution in [0.3, 0.4) is 0 Å². The van der Waals surface area contributed by atoms with Gasteiger partial charge < -0.3 is 14.2 Å². The van der Waals surface area contributed by atoms with E-state index in [-0.39, 0.29) is 11.7 Å². The number of phenols is 1. The highest BCUT2D eigenvalue weighted by Gasteiger charge is 2.08. The summed E-state index contributed by atoms with van der Waals surface area (Å²) in [6.07, 6.45) is 4.37. The highest BCUT2D eigenvalue weighted by atomic mass is 16.5. The van der Waals surface area contributed by atoms with Crippen LogP contribution in [-0.2, 0) is 11.2 Å². The number of carbonyl (C=O) groups is 1. The van der Waals surface area contributed by atoms with Crippen LogP contribution in [0.5, 0.6) is 5.75 Å². The summed E-state index contributed by atoms with van der Waals surface area (Å²) in [6, 6.07) is 10.4. The van der Waals surface area contributed by atoms with E-state index in [4.69, 9.17) is 4.74 Å². The molecule has 5 nitrogen and oxygen atoms in total. The first-order valence-corrected chi connectivity index (χ1v) is 6.49. The molecule has 3 aromatic rings. The predicted octanol–water partition coefficient (Wildman–Crippen LogP) is 2.42. The van der Waals surface area contributed by atoms with Gasteiger partial charge in [0.15, 0.2) is 0 Å². The fraction of sp³-hybridized carbons (Fsp3) is 0.125. The average molecular weight is 282 g/mol. The van der Waals surface area contributed by atoms with E-state index >= 15 is 0 Å². The minimum Gasteiger partial charge on any atom is -0.508 e. The molecule has 2 heterocycles. The van der Waals surface area contributed by atoms with Gasteiger partial charge in [0.05, 0.1) is 18.4 Å². The van der Waals surface area contributed by atoms with Crippen molar-refractivity contribution < 1.29 is 14.6 Å². The molecule has 0 atom stereocenters. The largest absolute Gasteiger partial charge is 0.508 e. The van der Waals surface area contributed by atoms with Crippen molar-refractivity contribution in [2.24, 2.45) is 0 Å². The Morgan fingerprint density at radius 2 is 2.05 bits per heavy atom. The van der Waals surface area contributed by atoms with E-state index in [0.29, 0.717) is 17.6 Å². The van der Waals surface area contributed by atoms with Crippen molar-refractivity contribution >= 4 is 11.6 Å². The summed E-state index contributed by atoms with van der Waals surface area (Å²) in [5, 5.41) is 9.28. The number of hydrogen-bond acceptors (Lipinski definition) is 4. The minimum atomic E-state index is -0.374. The van der Waals surface area contributed by atoms with Gasteiger partial charge in [-0.2, -0.15) is 0 Å². The summed E-state index contributed by atoms with van der Waals surface area (Å²) >= 11 is 0. The van der Waals surface area contributed by atoms with Crippen LogP contribution in [0, 0.1) is 0 Å². The number of hydrogen-bond donors (Lipinski definition) is 1. The molecule has 0 aliphatic rings. The second-order valence-electron chi connectivity index (χ2n) is 4.75. The molecule has 0 saturated carbocycles. The molecule has 21 heavy (non-hydrogen) atoms. The third kappa shape index (κ3) is 2.72. The van der Waals surface area contributed by atoms with Crippen molar-refractivity contribution in [1.82, 2.24) is 9.38 Å². The van der Waals surface area contributed by atoms with Crippen LogP contribution in [0.25, 0.3) is 5.65 Å². The smallest absolute Gasteiger partial charge is 0.338 e. The van der Waals surface area contributed by atoms with Crippen molar-refractivity contribution in [2.75, 3.05) is 7.11 Å². The molecule has 0 aliphatic heterocycles. The highest BCUT2D eigenvalue weighted by Crippen LogP contribution is 2.15. The van der Waals surface area contributed by atoms with Gasteiger partial charge in [-0.25, -0.2) is 9.78 Å². The summed E-state index contributed by atoms with van der Waals surface area (Å²) in [5.41, 5.74) is 3.13. The lowest BCUT2D eigenvalue weighted by Gasteiger charge is -1.98. The number of pyridine rings is 1. The van der Waals surface area contributed by atoms with E-state index in [1.165, 1.54) is 7.11 Å². The van der Waals surface area contributed by atoms with Gasteiger partial charge in [0, 0.05) is 18.8 Å². The van der Waals surface area contributed by atoms with Crippen LogP contribution in [0.1, 0.15) is 21.6 Å². The standard InChI is InChI=1S/C16H14N2O3/c1-21-16(20)12-6-7-18-10-13(17-15(18)9-12)8-11-2-4-14(19)5-3-11/h2-7,9-10,19H,8H2,1H3. The van der Waals surface area contributed by atoms with Gasteiger partial charge in [-0.15, -0.1) is 0 Å². The molecule has 3 rings (SSSR count). The van der Waals surface area contributed by atoms with E-state index in [1.807, 2.05) is 22.7 Å². The van der Waals surface area contributed by atoms with Crippen molar-refractivity contribution in [3.63, 3.8) is 0 Å². The Morgan fingerprint density at radius 1 is 1.29 bits per heavy atom. The van der Waals surface area contributed by atoms with E-state index in [0.717, 1.165) is 11.3 Å². The molecule has 2 aromatic heterocycles. The Kier molecular flexibility index (Phi) is 3.31. The molecule has 0 bridgehead atoms. The molecule has 0 spiro atoms. The third-order valence-electron chi connectivity index (χ3n) is 3.25. The maximum atomic E-state index is 11.5. The van der Waals surface area contributed by atoms with Crippen LogP contribution in [0.15, 0.2) is 48.8 Å². The highest BCUT2D eigenvalue weighted by molar-refractivity contribution is 5.90. The SMILES string of the molecule is COC(=O)c1ccn2cc(Cc3ccc(O)cc3)nc2c1. The van der Waals surface area contributed by atoms with E-state index in [1.54, 1.807) is 30.5 Å². The number of esters is 1. The lowest BCUT2D eigenvalue weighted by Crippen LogP contribution is -2.01. The Balaban J connectivity index is 1.90. The summed E-state index contributed by atoms with van der Waals surface area (Å²) in [5.74, 6) is -0.128. The fourth-order valence-corrected chi connectivity index (χ4v) is 2.19. The number of methoxy groups -OCH3 is 1. The van der Waals surface area contributed by atoms with Crippen LogP contribution in [-0.4, -0.2) is 27.6 Å². The monoisotopic (exact) mass is 282 g/mol. The first-order chi connectivity index (χ1) is 10.2. The van der Waals surface area contributed by atoms with E-state index < -0.39 is 0 Å². The first kappa shape index (κ1) is 13.2. The molecule has 0 radical (unpaired) electrons. The van der Waals surface area contributed by atoms with Gasteiger partial charge in [-0.05, 0) is 29.8 Å². The lowest BCUT2D eigenvalue weighted by atomic mass is 10.1. The van der Waals surface area contributed by atoms with Crippen LogP contribution in [0.4, 0.5) is 0 Å². The number of phenolic OH excluding ortho intramolecular Hbond substituents is 1. The van der Waals surface area contributed by atoms with Crippen LogP contribution < -0.4 is 0 Å². The zero-order chi connectivity index (χ0) is 14.8. The Bertz CT molecular complexity index is 791. The first-order valence-electron chi connectivity index (χ1n) is 6.49. The summed E-state index contributed by atoms with van der Waals surface area (Å²) in [7, 11) is 1.36. The van der Waals surface area contributed by atoms with Gasteiger partial charge in [-0.3, -0.25) is 0 Å². The predicted molar refractivity (Wildman–Crippen MR) is 77.4 cm³/mol. The van der Waals surface area contributed by atoms with Gasteiger partial charge in [0.25, 0.3) is 0 Å². The molecule has 0 saturated heterocycles. The van der Waals surface area contributed by atoms with Crippen molar-refractivity contribution in [2.45, 2.75) is 6.42 Å². The average Bonchev–Trinajstić information content (AvgIpc) is 2.90. The molecule has 1 aromatic carbocycles. The van der Waals surface area contributed by atoms with Crippen LogP contribution >= 0.6 is 0 Å². The molecule has 5 heteroatoms. The molecule has 0 unspecified atom stereocenters. The normalized spacial score (nSPS) is 10.7. The van der Waals surface area contributed by atoms with Gasteiger partial charge in [0.1, 0.15) is 11.4 Å². The number of aromatic nitrogens is 2. The molecule has 106 valence electrons. The molecule has 0 fully saturated rings. The number of benzene rings is 1.